The first-order valence-electron chi connectivity index (χ1n) is 8.51. The van der Waals surface area contributed by atoms with E-state index in [9.17, 15) is 8.78 Å². The van der Waals surface area contributed by atoms with E-state index in [4.69, 9.17) is 0 Å². The molecule has 2 aromatic rings. The molecule has 0 saturated carbocycles. The monoisotopic (exact) mass is 410 g/mol. The molecule has 1 aromatic heterocycles. The first-order chi connectivity index (χ1) is 12.1. The van der Waals surface area contributed by atoms with Crippen molar-refractivity contribution in [3.63, 3.8) is 0 Å². The lowest BCUT2D eigenvalue weighted by Gasteiger charge is -2.32. The van der Waals surface area contributed by atoms with Gasteiger partial charge < -0.3 is 10.2 Å². The zero-order chi connectivity index (χ0) is 17.8. The molecule has 1 N–H and O–H groups in total. The Labute approximate surface area is 154 Å². The Morgan fingerprint density at radius 3 is 2.32 bits per heavy atom. The lowest BCUT2D eigenvalue weighted by molar-refractivity contribution is 0.418. The van der Waals surface area contributed by atoms with Gasteiger partial charge in [-0.2, -0.15) is 0 Å². The van der Waals surface area contributed by atoms with E-state index >= 15 is 0 Å². The van der Waals surface area contributed by atoms with Crippen LogP contribution in [0.1, 0.15) is 25.3 Å². The first-order valence-corrected chi connectivity index (χ1v) is 9.30. The van der Waals surface area contributed by atoms with Gasteiger partial charge in [0.2, 0.25) is 5.95 Å². The van der Waals surface area contributed by atoms with Gasteiger partial charge in [-0.05, 0) is 42.9 Å². The van der Waals surface area contributed by atoms with Crippen LogP contribution in [0.25, 0.3) is 0 Å². The Kier molecular flexibility index (Phi) is 5.83. The summed E-state index contributed by atoms with van der Waals surface area (Å²) in [5.41, 5.74) is 1.07. The van der Waals surface area contributed by atoms with E-state index in [1.54, 1.807) is 0 Å². The molecule has 2 heterocycles. The average Bonchev–Trinajstić information content (AvgIpc) is 2.61. The minimum absolute atomic E-state index is 0.0517. The largest absolute Gasteiger partial charge is 0.380 e. The molecule has 0 bridgehead atoms. The second-order valence-corrected chi connectivity index (χ2v) is 7.22. The highest BCUT2D eigenvalue weighted by Crippen LogP contribution is 2.26. The molecular formula is C18H21BrF2N4. The van der Waals surface area contributed by atoms with Crippen molar-refractivity contribution in [2.75, 3.05) is 29.9 Å². The summed E-state index contributed by atoms with van der Waals surface area (Å²) in [6, 6.07) is 2.54. The first kappa shape index (κ1) is 18.0. The van der Waals surface area contributed by atoms with Crippen LogP contribution in [0.5, 0.6) is 0 Å². The minimum Gasteiger partial charge on any atom is -0.380 e. The van der Waals surface area contributed by atoms with Crippen molar-refractivity contribution in [1.29, 1.82) is 0 Å². The zero-order valence-corrected chi connectivity index (χ0v) is 15.7. The quantitative estimate of drug-likeness (QED) is 0.792. The molecule has 0 radical (unpaired) electrons. The third-order valence-electron chi connectivity index (χ3n) is 4.57. The molecule has 1 aliphatic rings. The lowest BCUT2D eigenvalue weighted by atomic mass is 9.97. The van der Waals surface area contributed by atoms with Gasteiger partial charge >= 0.3 is 0 Å². The molecular weight excluding hydrogens is 390 g/mol. The van der Waals surface area contributed by atoms with E-state index in [-0.39, 0.29) is 5.69 Å². The predicted molar refractivity (Wildman–Crippen MR) is 98.9 cm³/mol. The fraction of sp³-hybridized carbons (Fsp3) is 0.444. The van der Waals surface area contributed by atoms with Gasteiger partial charge in [0.05, 0.1) is 0 Å². The lowest BCUT2D eigenvalue weighted by Crippen LogP contribution is -2.37. The smallest absolute Gasteiger partial charge is 0.225 e. The van der Waals surface area contributed by atoms with Crippen LogP contribution in [0.3, 0.4) is 0 Å². The molecule has 1 fully saturated rings. The van der Waals surface area contributed by atoms with Gasteiger partial charge in [0.25, 0.3) is 0 Å². The summed E-state index contributed by atoms with van der Waals surface area (Å²) in [6.45, 7) is 4.33. The minimum atomic E-state index is -0.575. The number of halogens is 3. The SMILES string of the molecule is CCc1cnc(N2CCC(CNc3c(F)cc(Br)cc3F)CC2)nc1. The van der Waals surface area contributed by atoms with Crippen LogP contribution in [0.2, 0.25) is 0 Å². The van der Waals surface area contributed by atoms with Crippen molar-refractivity contribution in [2.24, 2.45) is 5.92 Å². The number of anilines is 2. The van der Waals surface area contributed by atoms with E-state index < -0.39 is 11.6 Å². The van der Waals surface area contributed by atoms with E-state index in [1.807, 2.05) is 12.4 Å². The molecule has 0 spiro atoms. The molecule has 0 amide bonds. The van der Waals surface area contributed by atoms with Crippen molar-refractivity contribution >= 4 is 27.6 Å². The molecule has 1 aliphatic heterocycles. The zero-order valence-electron chi connectivity index (χ0n) is 14.1. The van der Waals surface area contributed by atoms with E-state index in [2.05, 4.69) is 43.0 Å². The van der Waals surface area contributed by atoms with Gasteiger partial charge in [0.1, 0.15) is 17.3 Å². The van der Waals surface area contributed by atoms with E-state index in [0.29, 0.717) is 16.9 Å². The third kappa shape index (κ3) is 4.45. The number of hydrogen-bond donors (Lipinski definition) is 1. The topological polar surface area (TPSA) is 41.1 Å². The summed E-state index contributed by atoms with van der Waals surface area (Å²) in [6.07, 6.45) is 6.54. The highest BCUT2D eigenvalue weighted by Gasteiger charge is 2.21. The normalized spacial score (nSPS) is 15.4. The summed E-state index contributed by atoms with van der Waals surface area (Å²) in [7, 11) is 0. The number of rotatable bonds is 5. The van der Waals surface area contributed by atoms with Crippen LogP contribution < -0.4 is 10.2 Å². The second-order valence-electron chi connectivity index (χ2n) is 6.30. The molecule has 0 aliphatic carbocycles. The molecule has 3 rings (SSSR count). The Balaban J connectivity index is 1.52. The number of nitrogens with one attached hydrogen (secondary N) is 1. The molecule has 25 heavy (non-hydrogen) atoms. The highest BCUT2D eigenvalue weighted by molar-refractivity contribution is 9.10. The molecule has 0 atom stereocenters. The number of aryl methyl sites for hydroxylation is 1. The van der Waals surface area contributed by atoms with Gasteiger partial charge in [-0.25, -0.2) is 18.7 Å². The summed E-state index contributed by atoms with van der Waals surface area (Å²) in [5.74, 6) is -0.0235. The summed E-state index contributed by atoms with van der Waals surface area (Å²) < 4.78 is 28.1. The van der Waals surface area contributed by atoms with E-state index in [0.717, 1.165) is 43.9 Å². The Morgan fingerprint density at radius 2 is 1.76 bits per heavy atom. The van der Waals surface area contributed by atoms with Crippen molar-refractivity contribution in [3.05, 3.63) is 46.2 Å². The Bertz CT molecular complexity index is 693. The molecule has 1 aromatic carbocycles. The van der Waals surface area contributed by atoms with Crippen LogP contribution in [0, 0.1) is 17.6 Å². The summed E-state index contributed by atoms with van der Waals surface area (Å²) >= 11 is 3.09. The van der Waals surface area contributed by atoms with Crippen molar-refractivity contribution < 1.29 is 8.78 Å². The van der Waals surface area contributed by atoms with Gasteiger partial charge in [0.15, 0.2) is 0 Å². The maximum Gasteiger partial charge on any atom is 0.225 e. The van der Waals surface area contributed by atoms with Gasteiger partial charge in [-0.3, -0.25) is 0 Å². The second kappa shape index (κ2) is 8.08. The van der Waals surface area contributed by atoms with Crippen LogP contribution in [-0.2, 0) is 6.42 Å². The number of piperidine rings is 1. The standard InChI is InChI=1S/C18H21BrF2N4/c1-2-12-9-23-18(24-10-12)25-5-3-13(4-6-25)11-22-17-15(20)7-14(19)8-16(17)21/h7-10,13,22H,2-6,11H2,1H3. The third-order valence-corrected chi connectivity index (χ3v) is 5.03. The highest BCUT2D eigenvalue weighted by atomic mass is 79.9. The summed E-state index contributed by atoms with van der Waals surface area (Å²) in [4.78, 5) is 11.0. The molecule has 7 heteroatoms. The Morgan fingerprint density at radius 1 is 1.16 bits per heavy atom. The number of aromatic nitrogens is 2. The fourth-order valence-corrected chi connectivity index (χ4v) is 3.39. The number of benzene rings is 1. The van der Waals surface area contributed by atoms with Crippen LogP contribution in [0.4, 0.5) is 20.4 Å². The van der Waals surface area contributed by atoms with Crippen molar-refractivity contribution in [3.8, 4) is 0 Å². The Hall–Kier alpha value is -1.76. The van der Waals surface area contributed by atoms with Gasteiger partial charge in [-0.1, -0.05) is 22.9 Å². The van der Waals surface area contributed by atoms with E-state index in [1.165, 1.54) is 12.1 Å². The summed E-state index contributed by atoms with van der Waals surface area (Å²) in [5, 5.41) is 2.93. The maximum absolute atomic E-state index is 13.9. The van der Waals surface area contributed by atoms with Crippen molar-refractivity contribution in [1.82, 2.24) is 9.97 Å². The molecule has 0 unspecified atom stereocenters. The number of hydrogen-bond acceptors (Lipinski definition) is 4. The van der Waals surface area contributed by atoms with Crippen molar-refractivity contribution in [2.45, 2.75) is 26.2 Å². The average molecular weight is 411 g/mol. The predicted octanol–water partition coefficient (Wildman–Crippen LogP) is 4.41. The van der Waals surface area contributed by atoms with Crippen LogP contribution >= 0.6 is 15.9 Å². The fourth-order valence-electron chi connectivity index (χ4n) is 2.99. The maximum atomic E-state index is 13.9. The molecule has 1 saturated heterocycles. The van der Waals surface area contributed by atoms with Crippen LogP contribution in [0.15, 0.2) is 29.0 Å². The molecule has 134 valence electrons. The number of nitrogens with zero attached hydrogens (tertiary/aromatic N) is 3. The van der Waals surface area contributed by atoms with Gasteiger partial charge in [-0.15, -0.1) is 0 Å². The molecule has 4 nitrogen and oxygen atoms in total. The van der Waals surface area contributed by atoms with Crippen LogP contribution in [-0.4, -0.2) is 29.6 Å². The van der Waals surface area contributed by atoms with Gasteiger partial charge in [0, 0.05) is 36.5 Å².